The van der Waals surface area contributed by atoms with Gasteiger partial charge in [0.15, 0.2) is 5.82 Å². The van der Waals surface area contributed by atoms with Gasteiger partial charge in [-0.25, -0.2) is 15.0 Å². The van der Waals surface area contributed by atoms with Crippen LogP contribution in [0.4, 0.5) is 0 Å². The summed E-state index contributed by atoms with van der Waals surface area (Å²) in [6.45, 7) is 3.38. The third-order valence-electron chi connectivity index (χ3n) is 5.67. The van der Waals surface area contributed by atoms with E-state index in [2.05, 4.69) is 63.1 Å². The zero-order valence-electron chi connectivity index (χ0n) is 16.7. The van der Waals surface area contributed by atoms with Gasteiger partial charge in [0.1, 0.15) is 11.4 Å². The van der Waals surface area contributed by atoms with Gasteiger partial charge in [-0.15, -0.1) is 0 Å². The molecule has 1 N–H and O–H groups in total. The normalized spacial score (nSPS) is 16.7. The molecular formula is C24H24N4O. The summed E-state index contributed by atoms with van der Waals surface area (Å²) in [5.41, 5.74) is 4.45. The van der Waals surface area contributed by atoms with E-state index in [-0.39, 0.29) is 0 Å². The van der Waals surface area contributed by atoms with Crippen molar-refractivity contribution in [2.75, 3.05) is 0 Å². The quantitative estimate of drug-likeness (QED) is 0.559. The molecule has 146 valence electrons. The second-order valence-electron chi connectivity index (χ2n) is 8.27. The van der Waals surface area contributed by atoms with Crippen molar-refractivity contribution in [3.05, 3.63) is 78.1 Å². The van der Waals surface area contributed by atoms with Gasteiger partial charge in [-0.3, -0.25) is 0 Å². The first-order valence-electron chi connectivity index (χ1n) is 10.1. The highest BCUT2D eigenvalue weighted by atomic mass is 16.3. The van der Waals surface area contributed by atoms with Crippen molar-refractivity contribution >= 4 is 11.0 Å². The van der Waals surface area contributed by atoms with Crippen LogP contribution >= 0.6 is 0 Å². The number of rotatable bonds is 3. The molecule has 0 fully saturated rings. The van der Waals surface area contributed by atoms with Gasteiger partial charge in [0, 0.05) is 24.4 Å². The van der Waals surface area contributed by atoms with Crippen molar-refractivity contribution in [2.45, 2.75) is 44.8 Å². The van der Waals surface area contributed by atoms with Gasteiger partial charge in [-0.05, 0) is 49.9 Å². The highest BCUT2D eigenvalue weighted by molar-refractivity contribution is 5.83. The third kappa shape index (κ3) is 3.21. The van der Waals surface area contributed by atoms with E-state index in [1.165, 1.54) is 5.56 Å². The molecular weight excluding hydrogens is 360 g/mol. The van der Waals surface area contributed by atoms with Gasteiger partial charge in [0.05, 0.1) is 17.1 Å². The summed E-state index contributed by atoms with van der Waals surface area (Å²) < 4.78 is 2.41. The van der Waals surface area contributed by atoms with E-state index < -0.39 is 5.60 Å². The second-order valence-corrected chi connectivity index (χ2v) is 8.27. The molecule has 1 aliphatic rings. The van der Waals surface area contributed by atoms with Crippen LogP contribution in [0.25, 0.3) is 22.2 Å². The molecule has 0 spiro atoms. The molecule has 5 heteroatoms. The van der Waals surface area contributed by atoms with Crippen LogP contribution in [0.2, 0.25) is 0 Å². The largest absolute Gasteiger partial charge is 0.382 e. The van der Waals surface area contributed by atoms with Crippen molar-refractivity contribution < 1.29 is 5.11 Å². The Bertz CT molecular complexity index is 1160. The van der Waals surface area contributed by atoms with Crippen LogP contribution in [0.1, 0.15) is 49.9 Å². The van der Waals surface area contributed by atoms with E-state index in [9.17, 15) is 5.11 Å². The molecule has 3 heterocycles. The Morgan fingerprint density at radius 2 is 1.76 bits per heavy atom. The predicted molar refractivity (Wildman–Crippen MR) is 114 cm³/mol. The van der Waals surface area contributed by atoms with E-state index in [0.29, 0.717) is 11.9 Å². The molecule has 1 aliphatic heterocycles. The Hall–Kier alpha value is -3.05. The monoisotopic (exact) mass is 384 g/mol. The standard InChI is InChI=1S/C24H24N4O/c1-24(2,29)23-25-14-18(15-26-23)17-11-12-19-21(13-17)28-20(9-6-10-22(28)27-19)16-7-4-3-5-8-16/h3-5,7-8,11-15,20,29H,6,9-10H2,1-2H3. The Morgan fingerprint density at radius 1 is 1.00 bits per heavy atom. The average Bonchev–Trinajstić information content (AvgIpc) is 3.12. The van der Waals surface area contributed by atoms with Crippen LogP contribution in [-0.4, -0.2) is 24.6 Å². The molecule has 5 rings (SSSR count). The van der Waals surface area contributed by atoms with Crippen LogP contribution in [0, 0.1) is 0 Å². The molecule has 5 nitrogen and oxygen atoms in total. The Kier molecular flexibility index (Phi) is 4.21. The lowest BCUT2D eigenvalue weighted by atomic mass is 9.97. The molecule has 29 heavy (non-hydrogen) atoms. The molecule has 0 amide bonds. The summed E-state index contributed by atoms with van der Waals surface area (Å²) in [7, 11) is 0. The molecule has 0 bridgehead atoms. The summed E-state index contributed by atoms with van der Waals surface area (Å²) in [6, 6.07) is 17.4. The van der Waals surface area contributed by atoms with Crippen LogP contribution < -0.4 is 0 Å². The van der Waals surface area contributed by atoms with Gasteiger partial charge in [-0.1, -0.05) is 36.4 Å². The van der Waals surface area contributed by atoms with Crippen molar-refractivity contribution in [1.82, 2.24) is 19.5 Å². The third-order valence-corrected chi connectivity index (χ3v) is 5.67. The molecule has 0 saturated carbocycles. The van der Waals surface area contributed by atoms with Crippen LogP contribution in [0.3, 0.4) is 0 Å². The van der Waals surface area contributed by atoms with Crippen LogP contribution in [-0.2, 0) is 12.0 Å². The summed E-state index contributed by atoms with van der Waals surface area (Å²) in [6.07, 6.45) is 6.85. The molecule has 4 aromatic rings. The van der Waals surface area contributed by atoms with Gasteiger partial charge < -0.3 is 9.67 Å². The fourth-order valence-corrected chi connectivity index (χ4v) is 4.21. The number of fused-ring (bicyclic) bond motifs is 3. The minimum atomic E-state index is -1.05. The Morgan fingerprint density at radius 3 is 2.48 bits per heavy atom. The zero-order valence-corrected chi connectivity index (χ0v) is 16.7. The Balaban J connectivity index is 1.61. The van der Waals surface area contributed by atoms with E-state index >= 15 is 0 Å². The van der Waals surface area contributed by atoms with Crippen molar-refractivity contribution in [3.63, 3.8) is 0 Å². The number of hydrogen-bond acceptors (Lipinski definition) is 4. The minimum Gasteiger partial charge on any atom is -0.382 e. The zero-order chi connectivity index (χ0) is 20.0. The second kappa shape index (κ2) is 6.78. The van der Waals surface area contributed by atoms with E-state index in [4.69, 9.17) is 4.98 Å². The molecule has 1 unspecified atom stereocenters. The summed E-state index contributed by atoms with van der Waals surface area (Å²) in [4.78, 5) is 13.6. The number of aromatic nitrogens is 4. The fraction of sp³-hybridized carbons (Fsp3) is 0.292. The number of aliphatic hydroxyl groups is 1. The van der Waals surface area contributed by atoms with E-state index in [0.717, 1.165) is 47.2 Å². The SMILES string of the molecule is CC(C)(O)c1ncc(-c2ccc3nc4n(c3c2)C(c2ccccc2)CCC4)cn1. The number of imidazole rings is 1. The maximum absolute atomic E-state index is 10.1. The number of aryl methyl sites for hydroxylation is 1. The van der Waals surface area contributed by atoms with E-state index in [1.807, 2.05) is 0 Å². The smallest absolute Gasteiger partial charge is 0.159 e. The molecule has 2 aromatic carbocycles. The highest BCUT2D eigenvalue weighted by Gasteiger charge is 2.25. The van der Waals surface area contributed by atoms with Crippen LogP contribution in [0.5, 0.6) is 0 Å². The molecule has 0 saturated heterocycles. The lowest BCUT2D eigenvalue weighted by Crippen LogP contribution is -2.19. The lowest BCUT2D eigenvalue weighted by molar-refractivity contribution is 0.0687. The van der Waals surface area contributed by atoms with Gasteiger partial charge in [0.25, 0.3) is 0 Å². The average molecular weight is 384 g/mol. The lowest BCUT2D eigenvalue weighted by Gasteiger charge is -2.26. The summed E-state index contributed by atoms with van der Waals surface area (Å²) in [5, 5.41) is 10.1. The van der Waals surface area contributed by atoms with Crippen LogP contribution in [0.15, 0.2) is 60.9 Å². The van der Waals surface area contributed by atoms with Gasteiger partial charge in [-0.2, -0.15) is 0 Å². The topological polar surface area (TPSA) is 63.8 Å². The first kappa shape index (κ1) is 18.0. The number of hydrogen-bond donors (Lipinski definition) is 1. The minimum absolute atomic E-state index is 0.314. The highest BCUT2D eigenvalue weighted by Crippen LogP contribution is 2.35. The summed E-state index contributed by atoms with van der Waals surface area (Å²) in [5.74, 6) is 1.58. The van der Waals surface area contributed by atoms with Crippen molar-refractivity contribution in [2.24, 2.45) is 0 Å². The predicted octanol–water partition coefficient (Wildman–Crippen LogP) is 4.65. The maximum atomic E-state index is 10.1. The van der Waals surface area contributed by atoms with Crippen molar-refractivity contribution in [3.8, 4) is 11.1 Å². The fourth-order valence-electron chi connectivity index (χ4n) is 4.21. The molecule has 0 radical (unpaired) electrons. The van der Waals surface area contributed by atoms with E-state index in [1.54, 1.807) is 26.2 Å². The first-order chi connectivity index (χ1) is 14.0. The van der Waals surface area contributed by atoms with Gasteiger partial charge in [0.2, 0.25) is 0 Å². The van der Waals surface area contributed by atoms with Crippen molar-refractivity contribution in [1.29, 1.82) is 0 Å². The molecule has 0 aliphatic carbocycles. The Labute approximate surface area is 170 Å². The maximum Gasteiger partial charge on any atom is 0.159 e. The molecule has 2 aromatic heterocycles. The first-order valence-corrected chi connectivity index (χ1v) is 10.1. The van der Waals surface area contributed by atoms with Gasteiger partial charge >= 0.3 is 0 Å². The summed E-state index contributed by atoms with van der Waals surface area (Å²) >= 11 is 0. The molecule has 1 atom stereocenters. The number of benzene rings is 2. The number of nitrogens with zero attached hydrogens (tertiary/aromatic N) is 4.